The van der Waals surface area contributed by atoms with Gasteiger partial charge in [0.2, 0.25) is 10.0 Å². The number of hydrogen-bond acceptors (Lipinski definition) is 4. The maximum Gasteiger partial charge on any atom is 0.232 e. The SMILES string of the molecule is CCS(=O)(=O)Nc1cnn(CC2CCCO2)c1. The lowest BCUT2D eigenvalue weighted by molar-refractivity contribution is 0.0940. The molecular weight excluding hydrogens is 242 g/mol. The largest absolute Gasteiger partial charge is 0.376 e. The Morgan fingerprint density at radius 2 is 2.47 bits per heavy atom. The van der Waals surface area contributed by atoms with Crippen LogP contribution in [0.2, 0.25) is 0 Å². The number of ether oxygens (including phenoxy) is 1. The van der Waals surface area contributed by atoms with E-state index in [1.165, 1.54) is 6.20 Å². The van der Waals surface area contributed by atoms with Crippen molar-refractivity contribution < 1.29 is 13.2 Å². The highest BCUT2D eigenvalue weighted by molar-refractivity contribution is 7.92. The molecule has 0 saturated carbocycles. The van der Waals surface area contributed by atoms with Crippen LogP contribution in [0.4, 0.5) is 5.69 Å². The topological polar surface area (TPSA) is 73.2 Å². The molecule has 7 heteroatoms. The Morgan fingerprint density at radius 3 is 3.12 bits per heavy atom. The number of rotatable bonds is 5. The number of aromatic nitrogens is 2. The van der Waals surface area contributed by atoms with Gasteiger partial charge >= 0.3 is 0 Å². The van der Waals surface area contributed by atoms with Crippen molar-refractivity contribution in [3.8, 4) is 0 Å². The summed E-state index contributed by atoms with van der Waals surface area (Å²) in [6.45, 7) is 3.08. The fourth-order valence-electron chi connectivity index (χ4n) is 1.76. The van der Waals surface area contributed by atoms with Gasteiger partial charge in [-0.15, -0.1) is 0 Å². The molecule has 1 aromatic rings. The zero-order valence-corrected chi connectivity index (χ0v) is 10.6. The van der Waals surface area contributed by atoms with Gasteiger partial charge < -0.3 is 4.74 Å². The summed E-state index contributed by atoms with van der Waals surface area (Å²) in [6, 6.07) is 0. The van der Waals surface area contributed by atoms with E-state index in [-0.39, 0.29) is 11.9 Å². The molecule has 1 atom stereocenters. The molecule has 1 aliphatic rings. The third-order valence-electron chi connectivity index (χ3n) is 2.70. The van der Waals surface area contributed by atoms with E-state index in [1.54, 1.807) is 17.8 Å². The first-order valence-electron chi connectivity index (χ1n) is 5.73. The summed E-state index contributed by atoms with van der Waals surface area (Å²) in [5, 5.41) is 4.11. The highest BCUT2D eigenvalue weighted by Gasteiger charge is 2.16. The minimum Gasteiger partial charge on any atom is -0.376 e. The van der Waals surface area contributed by atoms with Crippen LogP contribution in [-0.2, 0) is 21.3 Å². The van der Waals surface area contributed by atoms with E-state index < -0.39 is 10.0 Å². The molecule has 96 valence electrons. The van der Waals surface area contributed by atoms with Crippen molar-refractivity contribution >= 4 is 15.7 Å². The summed E-state index contributed by atoms with van der Waals surface area (Å²) in [5.41, 5.74) is 0.504. The zero-order chi connectivity index (χ0) is 12.3. The Balaban J connectivity index is 1.96. The predicted octanol–water partition coefficient (Wildman–Crippen LogP) is 0.824. The number of hydrogen-bond donors (Lipinski definition) is 1. The molecule has 2 rings (SSSR count). The molecule has 17 heavy (non-hydrogen) atoms. The lowest BCUT2D eigenvalue weighted by atomic mass is 10.2. The quantitative estimate of drug-likeness (QED) is 0.849. The maximum atomic E-state index is 11.3. The number of nitrogens with one attached hydrogen (secondary N) is 1. The van der Waals surface area contributed by atoms with Crippen LogP contribution in [0.15, 0.2) is 12.4 Å². The van der Waals surface area contributed by atoms with Crippen molar-refractivity contribution in [2.45, 2.75) is 32.4 Å². The van der Waals surface area contributed by atoms with Crippen molar-refractivity contribution in [1.82, 2.24) is 9.78 Å². The van der Waals surface area contributed by atoms with Gasteiger partial charge in [0.05, 0.1) is 30.3 Å². The van der Waals surface area contributed by atoms with Crippen LogP contribution >= 0.6 is 0 Å². The van der Waals surface area contributed by atoms with Gasteiger partial charge in [-0.1, -0.05) is 0 Å². The van der Waals surface area contributed by atoms with Crippen LogP contribution in [0.25, 0.3) is 0 Å². The van der Waals surface area contributed by atoms with Crippen LogP contribution in [0.1, 0.15) is 19.8 Å². The number of sulfonamides is 1. The molecule has 6 nitrogen and oxygen atoms in total. The fraction of sp³-hybridized carbons (Fsp3) is 0.700. The van der Waals surface area contributed by atoms with E-state index in [9.17, 15) is 8.42 Å². The van der Waals surface area contributed by atoms with Crippen LogP contribution in [0.5, 0.6) is 0 Å². The van der Waals surface area contributed by atoms with Crippen LogP contribution in [0.3, 0.4) is 0 Å². The van der Waals surface area contributed by atoms with Gasteiger partial charge in [-0.2, -0.15) is 5.10 Å². The Morgan fingerprint density at radius 1 is 1.65 bits per heavy atom. The number of nitrogens with zero attached hydrogens (tertiary/aromatic N) is 2. The first kappa shape index (κ1) is 12.4. The lowest BCUT2D eigenvalue weighted by Gasteiger charge is -2.08. The van der Waals surface area contributed by atoms with Gasteiger partial charge in [0.1, 0.15) is 0 Å². The van der Waals surface area contributed by atoms with Gasteiger partial charge in [0, 0.05) is 12.8 Å². The standard InChI is InChI=1S/C10H17N3O3S/c1-2-17(14,15)12-9-6-11-13(7-9)8-10-4-3-5-16-10/h6-7,10,12H,2-5,8H2,1H3. The summed E-state index contributed by atoms with van der Waals surface area (Å²) in [5.74, 6) is 0.0594. The predicted molar refractivity (Wildman–Crippen MR) is 64.3 cm³/mol. The van der Waals surface area contributed by atoms with Crippen molar-refractivity contribution in [3.63, 3.8) is 0 Å². The van der Waals surface area contributed by atoms with Gasteiger partial charge in [0.25, 0.3) is 0 Å². The Kier molecular flexibility index (Phi) is 3.68. The molecule has 0 radical (unpaired) electrons. The summed E-state index contributed by atoms with van der Waals surface area (Å²) in [6.07, 6.45) is 5.53. The lowest BCUT2D eigenvalue weighted by Crippen LogP contribution is -2.16. The van der Waals surface area contributed by atoms with E-state index in [0.717, 1.165) is 19.4 Å². The highest BCUT2D eigenvalue weighted by Crippen LogP contribution is 2.15. The second kappa shape index (κ2) is 5.05. The van der Waals surface area contributed by atoms with E-state index in [2.05, 4.69) is 9.82 Å². The van der Waals surface area contributed by atoms with Gasteiger partial charge in [0.15, 0.2) is 0 Å². The van der Waals surface area contributed by atoms with Gasteiger partial charge in [-0.3, -0.25) is 9.40 Å². The normalized spacial score (nSPS) is 20.6. The minimum atomic E-state index is -3.22. The van der Waals surface area contributed by atoms with Crippen LogP contribution in [0, 0.1) is 0 Å². The summed E-state index contributed by atoms with van der Waals surface area (Å²) in [7, 11) is -3.22. The van der Waals surface area contributed by atoms with E-state index in [4.69, 9.17) is 4.74 Å². The molecule has 1 fully saturated rings. The first-order chi connectivity index (χ1) is 8.09. The molecule has 0 bridgehead atoms. The average molecular weight is 259 g/mol. The molecule has 1 aliphatic heterocycles. The third-order valence-corrected chi connectivity index (χ3v) is 4.01. The molecule has 1 saturated heterocycles. The van der Waals surface area contributed by atoms with E-state index in [1.807, 2.05) is 0 Å². The third kappa shape index (κ3) is 3.44. The van der Waals surface area contributed by atoms with Crippen molar-refractivity contribution in [3.05, 3.63) is 12.4 Å². The second-order valence-corrected chi connectivity index (χ2v) is 6.10. The monoisotopic (exact) mass is 259 g/mol. The Hall–Kier alpha value is -1.08. The summed E-state index contributed by atoms with van der Waals surface area (Å²) in [4.78, 5) is 0. The summed E-state index contributed by atoms with van der Waals surface area (Å²) < 4.78 is 32.4. The minimum absolute atomic E-state index is 0.0594. The van der Waals surface area contributed by atoms with Gasteiger partial charge in [-0.25, -0.2) is 8.42 Å². The maximum absolute atomic E-state index is 11.3. The molecule has 0 aromatic carbocycles. The average Bonchev–Trinajstić information content (AvgIpc) is 2.91. The molecular formula is C10H17N3O3S. The van der Waals surface area contributed by atoms with Gasteiger partial charge in [-0.05, 0) is 19.8 Å². The molecule has 0 spiro atoms. The molecule has 0 aliphatic carbocycles. The van der Waals surface area contributed by atoms with Crippen LogP contribution in [-0.4, -0.2) is 36.7 Å². The molecule has 2 heterocycles. The van der Waals surface area contributed by atoms with Crippen molar-refractivity contribution in [2.75, 3.05) is 17.1 Å². The Labute approximate surface area is 101 Å². The molecule has 1 aromatic heterocycles. The van der Waals surface area contributed by atoms with Crippen molar-refractivity contribution in [1.29, 1.82) is 0 Å². The van der Waals surface area contributed by atoms with Crippen molar-refractivity contribution in [2.24, 2.45) is 0 Å². The van der Waals surface area contributed by atoms with E-state index in [0.29, 0.717) is 12.2 Å². The second-order valence-electron chi connectivity index (χ2n) is 4.09. The summed E-state index contributed by atoms with van der Waals surface area (Å²) >= 11 is 0. The Bertz CT molecular complexity index is 463. The number of anilines is 1. The molecule has 1 N–H and O–H groups in total. The van der Waals surface area contributed by atoms with E-state index >= 15 is 0 Å². The zero-order valence-electron chi connectivity index (χ0n) is 9.80. The molecule has 0 amide bonds. The fourth-order valence-corrected chi connectivity index (χ4v) is 2.37. The molecule has 1 unspecified atom stereocenters. The first-order valence-corrected chi connectivity index (χ1v) is 7.39. The smallest absolute Gasteiger partial charge is 0.232 e. The highest BCUT2D eigenvalue weighted by atomic mass is 32.2. The van der Waals surface area contributed by atoms with Crippen LogP contribution < -0.4 is 4.72 Å².